The fourth-order valence-corrected chi connectivity index (χ4v) is 6.16. The van der Waals surface area contributed by atoms with Crippen molar-refractivity contribution in [2.24, 2.45) is 18.9 Å². The third-order valence-electron chi connectivity index (χ3n) is 8.45. The van der Waals surface area contributed by atoms with E-state index >= 15 is 0 Å². The van der Waals surface area contributed by atoms with Crippen LogP contribution in [0, 0.1) is 23.2 Å². The summed E-state index contributed by atoms with van der Waals surface area (Å²) in [5.74, 6) is 1.22. The lowest BCUT2D eigenvalue weighted by molar-refractivity contribution is -0.124. The van der Waals surface area contributed by atoms with Crippen molar-refractivity contribution >= 4 is 5.91 Å². The van der Waals surface area contributed by atoms with Crippen molar-refractivity contribution in [2.75, 3.05) is 0 Å². The van der Waals surface area contributed by atoms with Crippen molar-refractivity contribution in [2.45, 2.75) is 44.6 Å². The van der Waals surface area contributed by atoms with Crippen LogP contribution in [0.2, 0.25) is 0 Å². The first kappa shape index (κ1) is 28.0. The van der Waals surface area contributed by atoms with Gasteiger partial charge in [-0.1, -0.05) is 54.6 Å². The molecule has 1 amide bonds. The first-order chi connectivity index (χ1) is 21.1. The predicted molar refractivity (Wildman–Crippen MR) is 163 cm³/mol. The van der Waals surface area contributed by atoms with E-state index in [4.69, 9.17) is 4.98 Å². The molecule has 1 unspecified atom stereocenters. The van der Waals surface area contributed by atoms with Crippen molar-refractivity contribution in [3.63, 3.8) is 0 Å². The number of amides is 1. The zero-order valence-corrected chi connectivity index (χ0v) is 24.1. The van der Waals surface area contributed by atoms with E-state index in [0.29, 0.717) is 29.4 Å². The minimum absolute atomic E-state index is 0.0704. The Morgan fingerprint density at radius 1 is 1.05 bits per heavy atom. The topological polar surface area (TPSA) is 125 Å². The largest absolute Gasteiger partial charge is 0.351 e. The standard InChI is InChI=1S/C34H34N8O/c1-42-22-29(21-39-42)25-11-13-27(14-12-25)32(34(43)37-19-24-5-3-2-4-6-24)26-9-7-23(8-10-26)17-31-36-20-28(18-35)33(40-31)30-15-16-38-41-30/h2-6,11-16,20-23,26,32H,7-10,17,19H2,1H3,(H,37,43)(H,38,41). The molecule has 43 heavy (non-hydrogen) atoms. The van der Waals surface area contributed by atoms with E-state index in [1.807, 2.05) is 55.8 Å². The van der Waals surface area contributed by atoms with Crippen LogP contribution < -0.4 is 5.32 Å². The smallest absolute Gasteiger partial charge is 0.228 e. The molecule has 6 rings (SSSR count). The number of aromatic amines is 1. The van der Waals surface area contributed by atoms with Gasteiger partial charge in [0.25, 0.3) is 0 Å². The summed E-state index contributed by atoms with van der Waals surface area (Å²) in [4.78, 5) is 23.0. The number of aromatic nitrogens is 6. The number of nitrogens with one attached hydrogen (secondary N) is 2. The van der Waals surface area contributed by atoms with Gasteiger partial charge in [-0.05, 0) is 60.3 Å². The number of carbonyl (C=O) groups excluding carboxylic acids is 1. The third-order valence-corrected chi connectivity index (χ3v) is 8.45. The van der Waals surface area contributed by atoms with Crippen LogP contribution >= 0.6 is 0 Å². The summed E-state index contributed by atoms with van der Waals surface area (Å²) < 4.78 is 1.79. The molecule has 0 radical (unpaired) electrons. The molecule has 3 heterocycles. The van der Waals surface area contributed by atoms with Gasteiger partial charge in [0.05, 0.1) is 23.4 Å². The number of nitrogens with zero attached hydrogens (tertiary/aromatic N) is 6. The molecule has 5 aromatic rings. The van der Waals surface area contributed by atoms with Gasteiger partial charge in [-0.25, -0.2) is 9.97 Å². The Morgan fingerprint density at radius 3 is 2.51 bits per heavy atom. The first-order valence-electron chi connectivity index (χ1n) is 14.7. The zero-order chi connectivity index (χ0) is 29.6. The van der Waals surface area contributed by atoms with Crippen molar-refractivity contribution in [3.8, 4) is 28.6 Å². The molecule has 2 N–H and O–H groups in total. The number of hydrogen-bond acceptors (Lipinski definition) is 6. The summed E-state index contributed by atoms with van der Waals surface area (Å²) in [7, 11) is 1.91. The van der Waals surface area contributed by atoms with Crippen LogP contribution in [-0.2, 0) is 24.8 Å². The normalized spacial score (nSPS) is 17.2. The molecule has 3 aromatic heterocycles. The van der Waals surface area contributed by atoms with Gasteiger partial charge in [0.2, 0.25) is 5.91 Å². The lowest BCUT2D eigenvalue weighted by Crippen LogP contribution is -2.35. The summed E-state index contributed by atoms with van der Waals surface area (Å²) in [5, 5.41) is 23.9. The first-order valence-corrected chi connectivity index (χ1v) is 14.7. The molecule has 1 fully saturated rings. The summed E-state index contributed by atoms with van der Waals surface area (Å²) >= 11 is 0. The average molecular weight is 571 g/mol. The summed E-state index contributed by atoms with van der Waals surface area (Å²) in [6, 6.07) is 22.4. The molecule has 1 aliphatic carbocycles. The van der Waals surface area contributed by atoms with Crippen LogP contribution in [-0.4, -0.2) is 35.9 Å². The number of H-pyrrole nitrogens is 1. The van der Waals surface area contributed by atoms with E-state index in [1.165, 1.54) is 0 Å². The van der Waals surface area contributed by atoms with E-state index in [9.17, 15) is 10.1 Å². The SMILES string of the molecule is Cn1cc(-c2ccc(C(C(=O)NCc3ccccc3)C3CCC(Cc4ncc(C#N)c(-c5ccn[nH]5)n4)CC3)cc2)cn1. The number of rotatable bonds is 9. The lowest BCUT2D eigenvalue weighted by atomic mass is 9.72. The van der Waals surface area contributed by atoms with Gasteiger partial charge in [0.1, 0.15) is 17.6 Å². The Balaban J connectivity index is 1.16. The minimum Gasteiger partial charge on any atom is -0.351 e. The van der Waals surface area contributed by atoms with Crippen molar-refractivity contribution < 1.29 is 4.79 Å². The van der Waals surface area contributed by atoms with Gasteiger partial charge in [-0.3, -0.25) is 14.6 Å². The van der Waals surface area contributed by atoms with Gasteiger partial charge in [-0.2, -0.15) is 15.5 Å². The van der Waals surface area contributed by atoms with Crippen LogP contribution in [0.25, 0.3) is 22.5 Å². The summed E-state index contributed by atoms with van der Waals surface area (Å²) in [5.41, 5.74) is 5.99. The number of hydrogen-bond donors (Lipinski definition) is 2. The third kappa shape index (κ3) is 6.54. The lowest BCUT2D eigenvalue weighted by Gasteiger charge is -2.33. The molecular weight excluding hydrogens is 536 g/mol. The fourth-order valence-electron chi connectivity index (χ4n) is 6.16. The second-order valence-electron chi connectivity index (χ2n) is 11.3. The maximum absolute atomic E-state index is 13.8. The molecule has 0 bridgehead atoms. The van der Waals surface area contributed by atoms with Gasteiger partial charge in [0, 0.05) is 44.2 Å². The highest BCUT2D eigenvalue weighted by Gasteiger charge is 2.33. The Bertz CT molecular complexity index is 1700. The van der Waals surface area contributed by atoms with Crippen LogP contribution in [0.15, 0.2) is 85.5 Å². The second kappa shape index (κ2) is 12.8. The number of aryl methyl sites for hydroxylation is 1. The van der Waals surface area contributed by atoms with E-state index < -0.39 is 0 Å². The van der Waals surface area contributed by atoms with Crippen molar-refractivity contribution in [3.05, 3.63) is 108 Å². The van der Waals surface area contributed by atoms with Gasteiger partial charge in [0.15, 0.2) is 0 Å². The van der Waals surface area contributed by atoms with Crippen LogP contribution in [0.4, 0.5) is 0 Å². The maximum Gasteiger partial charge on any atom is 0.228 e. The number of nitriles is 1. The molecule has 0 saturated heterocycles. The fraction of sp³-hybridized carbons (Fsp3) is 0.294. The van der Waals surface area contributed by atoms with E-state index in [0.717, 1.165) is 60.2 Å². The quantitative estimate of drug-likeness (QED) is 0.238. The van der Waals surface area contributed by atoms with Crippen molar-refractivity contribution in [1.29, 1.82) is 5.26 Å². The molecule has 216 valence electrons. The summed E-state index contributed by atoms with van der Waals surface area (Å²) in [6.07, 6.45) is 11.7. The molecule has 1 saturated carbocycles. The number of carbonyl (C=O) groups is 1. The maximum atomic E-state index is 13.8. The van der Waals surface area contributed by atoms with Gasteiger partial charge < -0.3 is 5.32 Å². The molecule has 1 atom stereocenters. The van der Waals surface area contributed by atoms with Crippen LogP contribution in [0.1, 0.15) is 54.1 Å². The van der Waals surface area contributed by atoms with E-state index in [-0.39, 0.29) is 17.7 Å². The predicted octanol–water partition coefficient (Wildman–Crippen LogP) is 5.59. The number of benzene rings is 2. The Morgan fingerprint density at radius 2 is 1.84 bits per heavy atom. The molecule has 0 spiro atoms. The highest BCUT2D eigenvalue weighted by atomic mass is 16.1. The van der Waals surface area contributed by atoms with E-state index in [1.54, 1.807) is 17.1 Å². The zero-order valence-electron chi connectivity index (χ0n) is 24.1. The summed E-state index contributed by atoms with van der Waals surface area (Å²) in [6.45, 7) is 0.508. The van der Waals surface area contributed by atoms with E-state index in [2.05, 4.69) is 55.9 Å². The Hall–Kier alpha value is -5.10. The average Bonchev–Trinajstić information content (AvgIpc) is 3.74. The highest BCUT2D eigenvalue weighted by Crippen LogP contribution is 2.40. The van der Waals surface area contributed by atoms with Gasteiger partial charge in [-0.15, -0.1) is 0 Å². The molecule has 2 aromatic carbocycles. The van der Waals surface area contributed by atoms with Crippen LogP contribution in [0.3, 0.4) is 0 Å². The molecule has 0 aliphatic heterocycles. The Kier molecular flexibility index (Phi) is 8.36. The molecule has 9 nitrogen and oxygen atoms in total. The molecule has 1 aliphatic rings. The monoisotopic (exact) mass is 570 g/mol. The minimum atomic E-state index is -0.231. The second-order valence-corrected chi connectivity index (χ2v) is 11.3. The highest BCUT2D eigenvalue weighted by molar-refractivity contribution is 5.84. The molecule has 9 heteroatoms. The molecular formula is C34H34N8O. The van der Waals surface area contributed by atoms with Crippen molar-refractivity contribution in [1.82, 2.24) is 35.3 Å². The van der Waals surface area contributed by atoms with Gasteiger partial charge >= 0.3 is 0 Å². The Labute approximate surface area is 251 Å². The van der Waals surface area contributed by atoms with Crippen LogP contribution in [0.5, 0.6) is 0 Å².